The molecule has 1 fully saturated rings. The molecule has 46 heavy (non-hydrogen) atoms. The van der Waals surface area contributed by atoms with E-state index in [0.29, 0.717) is 42.6 Å². The highest BCUT2D eigenvalue weighted by Gasteiger charge is 2.31. The van der Waals surface area contributed by atoms with E-state index in [1.807, 2.05) is 60.7 Å². The van der Waals surface area contributed by atoms with Crippen molar-refractivity contribution in [3.63, 3.8) is 0 Å². The summed E-state index contributed by atoms with van der Waals surface area (Å²) in [5.74, 6) is -2.20. The number of benzene rings is 2. The number of ether oxygens (including phenoxy) is 1. The molecule has 3 aromatic rings. The van der Waals surface area contributed by atoms with E-state index in [4.69, 9.17) is 4.74 Å². The Balaban J connectivity index is 1.58. The molecule has 1 saturated heterocycles. The highest BCUT2D eigenvalue weighted by atomic mass is 16.5. The van der Waals surface area contributed by atoms with Crippen LogP contribution in [0.3, 0.4) is 0 Å². The number of anilines is 1. The van der Waals surface area contributed by atoms with E-state index in [2.05, 4.69) is 22.5 Å². The van der Waals surface area contributed by atoms with Gasteiger partial charge in [0.05, 0.1) is 24.8 Å². The predicted molar refractivity (Wildman–Crippen MR) is 174 cm³/mol. The van der Waals surface area contributed by atoms with Crippen LogP contribution in [0.25, 0.3) is 11.4 Å². The number of aromatic nitrogens is 2. The number of amides is 2. The summed E-state index contributed by atoms with van der Waals surface area (Å²) < 4.78 is 6.73. The first kappa shape index (κ1) is 32.4. The molecule has 10 heteroatoms. The summed E-state index contributed by atoms with van der Waals surface area (Å²) in [6.45, 7) is 2.84. The summed E-state index contributed by atoms with van der Waals surface area (Å²) in [6, 6.07) is 16.5. The number of nitrogens with zero attached hydrogens (tertiary/aromatic N) is 2. The molecule has 0 radical (unpaired) electrons. The molecule has 1 aliphatic heterocycles. The molecule has 0 saturated carbocycles. The maximum atomic E-state index is 14.5. The van der Waals surface area contributed by atoms with Gasteiger partial charge in [0, 0.05) is 12.2 Å². The van der Waals surface area contributed by atoms with Gasteiger partial charge in [-0.25, -0.2) is 4.98 Å². The van der Waals surface area contributed by atoms with Gasteiger partial charge in [0.25, 0.3) is 5.56 Å². The standard InChI is InChI=1S/C36H38N4O6/c1-2-3-4-11-16-29(35(44)39-32(24-12-7-5-8-13-24)26-17-18-30(41)31(42)21-26)40-33(25-14-9-6-10-15-25)37-22-28(36(40)45)38-34(43)27-19-20-46-23-27/h5-10,12-15,17-18,21-22,27,29,32H,2-4,11,16,19-20,23H2,1H3,(H,38,43)(H,39,44). The molecule has 1 aliphatic carbocycles. The lowest BCUT2D eigenvalue weighted by Crippen LogP contribution is -2.41. The Morgan fingerprint density at radius 1 is 0.957 bits per heavy atom. The van der Waals surface area contributed by atoms with Crippen molar-refractivity contribution in [1.82, 2.24) is 14.9 Å². The summed E-state index contributed by atoms with van der Waals surface area (Å²) in [4.78, 5) is 70.6. The average molecular weight is 623 g/mol. The Labute approximate surface area is 267 Å². The number of rotatable bonds is 13. The van der Waals surface area contributed by atoms with Crippen LogP contribution in [0.15, 0.2) is 95.5 Å². The predicted octanol–water partition coefficient (Wildman–Crippen LogP) is 4.89. The SMILES string of the molecule is CCCCCCC(C(=O)NC(C1=CC(=O)C(=O)C=C1)c1ccccc1)n1c(-c2ccccc2)ncc(NC(=O)C2CCOC2)c1=O. The van der Waals surface area contributed by atoms with Crippen LogP contribution in [0.1, 0.15) is 63.1 Å². The molecule has 0 bridgehead atoms. The summed E-state index contributed by atoms with van der Waals surface area (Å²) >= 11 is 0. The van der Waals surface area contributed by atoms with Gasteiger partial charge in [-0.15, -0.1) is 0 Å². The Hall–Kier alpha value is -4.96. The first-order chi connectivity index (χ1) is 22.4. The molecule has 5 rings (SSSR count). The minimum absolute atomic E-state index is 0.0235. The number of ketones is 2. The van der Waals surface area contributed by atoms with Crippen molar-refractivity contribution in [3.05, 3.63) is 107 Å². The molecule has 3 atom stereocenters. The monoisotopic (exact) mass is 622 g/mol. The van der Waals surface area contributed by atoms with Crippen molar-refractivity contribution in [2.75, 3.05) is 18.5 Å². The molecular weight excluding hydrogens is 584 g/mol. The zero-order chi connectivity index (χ0) is 32.5. The van der Waals surface area contributed by atoms with E-state index in [0.717, 1.165) is 19.3 Å². The molecule has 0 spiro atoms. The molecular formula is C36H38N4O6. The van der Waals surface area contributed by atoms with Gasteiger partial charge < -0.3 is 15.4 Å². The molecule has 2 aliphatic rings. The van der Waals surface area contributed by atoms with E-state index in [9.17, 15) is 24.0 Å². The largest absolute Gasteiger partial charge is 0.381 e. The van der Waals surface area contributed by atoms with Gasteiger partial charge in [0.2, 0.25) is 23.4 Å². The average Bonchev–Trinajstić information content (AvgIpc) is 3.63. The second-order valence-corrected chi connectivity index (χ2v) is 11.5. The number of hydrogen-bond acceptors (Lipinski definition) is 7. The van der Waals surface area contributed by atoms with Crippen LogP contribution < -0.4 is 16.2 Å². The maximum absolute atomic E-state index is 14.5. The smallest absolute Gasteiger partial charge is 0.278 e. The first-order valence-corrected chi connectivity index (χ1v) is 15.8. The van der Waals surface area contributed by atoms with E-state index < -0.39 is 35.1 Å². The lowest BCUT2D eigenvalue weighted by Gasteiger charge is -2.27. The molecule has 2 heterocycles. The fourth-order valence-electron chi connectivity index (χ4n) is 5.71. The molecule has 238 valence electrons. The number of nitrogens with one attached hydrogen (secondary N) is 2. The van der Waals surface area contributed by atoms with E-state index in [1.165, 1.54) is 29.0 Å². The van der Waals surface area contributed by atoms with Crippen molar-refractivity contribution in [1.29, 1.82) is 0 Å². The number of carbonyl (C=O) groups excluding carboxylic acids is 4. The zero-order valence-electron chi connectivity index (χ0n) is 25.8. The molecule has 2 amide bonds. The first-order valence-electron chi connectivity index (χ1n) is 15.8. The summed E-state index contributed by atoms with van der Waals surface area (Å²) in [6.07, 6.45) is 9.66. The van der Waals surface area contributed by atoms with Crippen LogP contribution in [0.2, 0.25) is 0 Å². The topological polar surface area (TPSA) is 136 Å². The van der Waals surface area contributed by atoms with Crippen LogP contribution in [0.5, 0.6) is 0 Å². The second kappa shape index (κ2) is 15.4. The highest BCUT2D eigenvalue weighted by Crippen LogP contribution is 2.29. The van der Waals surface area contributed by atoms with Gasteiger partial charge >= 0.3 is 0 Å². The lowest BCUT2D eigenvalue weighted by molar-refractivity contribution is -0.131. The fourth-order valence-corrected chi connectivity index (χ4v) is 5.71. The Bertz CT molecular complexity index is 1690. The zero-order valence-corrected chi connectivity index (χ0v) is 25.8. The van der Waals surface area contributed by atoms with Crippen LogP contribution >= 0.6 is 0 Å². The molecule has 2 N–H and O–H groups in total. The Kier molecular flexibility index (Phi) is 10.8. The van der Waals surface area contributed by atoms with Gasteiger partial charge in [-0.2, -0.15) is 0 Å². The van der Waals surface area contributed by atoms with Crippen LogP contribution in [0, 0.1) is 5.92 Å². The molecule has 1 aromatic heterocycles. The summed E-state index contributed by atoms with van der Waals surface area (Å²) in [5, 5.41) is 5.81. The Morgan fingerprint density at radius 2 is 1.70 bits per heavy atom. The quantitative estimate of drug-likeness (QED) is 0.157. The van der Waals surface area contributed by atoms with Crippen molar-refractivity contribution < 1.29 is 23.9 Å². The van der Waals surface area contributed by atoms with Gasteiger partial charge in [-0.1, -0.05) is 99.3 Å². The number of unbranched alkanes of at least 4 members (excludes halogenated alkanes) is 3. The second-order valence-electron chi connectivity index (χ2n) is 11.5. The van der Waals surface area contributed by atoms with Crippen molar-refractivity contribution in [2.45, 2.75) is 57.5 Å². The Morgan fingerprint density at radius 3 is 2.37 bits per heavy atom. The third-order valence-corrected chi connectivity index (χ3v) is 8.25. The van der Waals surface area contributed by atoms with Gasteiger partial charge in [0.15, 0.2) is 0 Å². The van der Waals surface area contributed by atoms with Crippen molar-refractivity contribution in [3.8, 4) is 11.4 Å². The normalized spacial score (nSPS) is 17.3. The van der Waals surface area contributed by atoms with Gasteiger partial charge in [-0.05, 0) is 36.1 Å². The third kappa shape index (κ3) is 7.63. The van der Waals surface area contributed by atoms with Crippen molar-refractivity contribution >= 4 is 29.1 Å². The lowest BCUT2D eigenvalue weighted by atomic mass is 9.93. The summed E-state index contributed by atoms with van der Waals surface area (Å²) in [5.41, 5.74) is 1.21. The van der Waals surface area contributed by atoms with Crippen LogP contribution in [0.4, 0.5) is 5.69 Å². The van der Waals surface area contributed by atoms with Gasteiger partial charge in [0.1, 0.15) is 17.6 Å². The van der Waals surface area contributed by atoms with E-state index in [-0.39, 0.29) is 29.9 Å². The summed E-state index contributed by atoms with van der Waals surface area (Å²) in [7, 11) is 0. The van der Waals surface area contributed by atoms with E-state index in [1.54, 1.807) is 0 Å². The van der Waals surface area contributed by atoms with E-state index >= 15 is 0 Å². The van der Waals surface area contributed by atoms with Crippen LogP contribution in [-0.2, 0) is 23.9 Å². The maximum Gasteiger partial charge on any atom is 0.278 e. The number of carbonyl (C=O) groups is 4. The van der Waals surface area contributed by atoms with Gasteiger partial charge in [-0.3, -0.25) is 28.5 Å². The minimum atomic E-state index is -1.00. The molecule has 2 aromatic carbocycles. The highest BCUT2D eigenvalue weighted by molar-refractivity contribution is 6.46. The van der Waals surface area contributed by atoms with Crippen molar-refractivity contribution in [2.24, 2.45) is 5.92 Å². The minimum Gasteiger partial charge on any atom is -0.381 e. The van der Waals surface area contributed by atoms with Crippen LogP contribution in [-0.4, -0.2) is 46.1 Å². The number of allylic oxidation sites excluding steroid dienone is 2. The molecule has 10 nitrogen and oxygen atoms in total. The fraction of sp³-hybridized carbons (Fsp3) is 0.333. The number of hydrogen-bond donors (Lipinski definition) is 2. The third-order valence-electron chi connectivity index (χ3n) is 8.25. The molecule has 3 unspecified atom stereocenters.